The van der Waals surface area contributed by atoms with E-state index in [2.05, 4.69) is 19.7 Å². The molecule has 8 nitrogen and oxygen atoms in total. The third-order valence-corrected chi connectivity index (χ3v) is 7.44. The highest BCUT2D eigenvalue weighted by atomic mass is 32.2. The van der Waals surface area contributed by atoms with Crippen LogP contribution >= 0.6 is 0 Å². The molecule has 0 bridgehead atoms. The van der Waals surface area contributed by atoms with E-state index in [4.69, 9.17) is 4.74 Å². The van der Waals surface area contributed by atoms with Crippen molar-refractivity contribution >= 4 is 15.7 Å². The first-order valence-corrected chi connectivity index (χ1v) is 12.6. The lowest BCUT2D eigenvalue weighted by atomic mass is 10.1. The van der Waals surface area contributed by atoms with Gasteiger partial charge >= 0.3 is 0 Å². The molecule has 2 aromatic heterocycles. The highest BCUT2D eigenvalue weighted by Gasteiger charge is 2.22. The van der Waals surface area contributed by atoms with Crippen molar-refractivity contribution in [1.82, 2.24) is 24.2 Å². The first-order chi connectivity index (χ1) is 15.4. The molecule has 9 heteroatoms. The lowest BCUT2D eigenvalue weighted by Crippen LogP contribution is -2.35. The van der Waals surface area contributed by atoms with Gasteiger partial charge in [-0.25, -0.2) is 22.6 Å². The fraction of sp³-hybridized carbons (Fsp3) is 0.478. The topological polar surface area (TPSA) is 88.8 Å². The molecule has 172 valence electrons. The molecule has 0 unspecified atom stereocenters. The Kier molecular flexibility index (Phi) is 6.78. The van der Waals surface area contributed by atoms with E-state index in [1.807, 2.05) is 26.0 Å². The Bertz CT molecular complexity index is 1200. The van der Waals surface area contributed by atoms with Crippen molar-refractivity contribution in [3.05, 3.63) is 41.9 Å². The predicted octanol–water partition coefficient (Wildman–Crippen LogP) is 3.18. The van der Waals surface area contributed by atoms with Crippen LogP contribution in [0.3, 0.4) is 0 Å². The zero-order chi connectivity index (χ0) is 22.7. The van der Waals surface area contributed by atoms with E-state index >= 15 is 0 Å². The summed E-state index contributed by atoms with van der Waals surface area (Å²) in [5, 5.41) is 4.43. The summed E-state index contributed by atoms with van der Waals surface area (Å²) < 4.78 is 36.2. The molecule has 0 atom stereocenters. The quantitative estimate of drug-likeness (QED) is 0.586. The second-order valence-corrected chi connectivity index (χ2v) is 10.1. The van der Waals surface area contributed by atoms with Crippen LogP contribution in [0.2, 0.25) is 0 Å². The minimum absolute atomic E-state index is 0.122. The van der Waals surface area contributed by atoms with Crippen LogP contribution in [0.1, 0.15) is 37.1 Å². The molecule has 0 saturated carbocycles. The molecule has 1 saturated heterocycles. The van der Waals surface area contributed by atoms with Gasteiger partial charge in [-0.2, -0.15) is 5.10 Å². The average Bonchev–Trinajstić information content (AvgIpc) is 3.01. The van der Waals surface area contributed by atoms with E-state index < -0.39 is 10.0 Å². The second-order valence-electron chi connectivity index (χ2n) is 8.35. The largest absolute Gasteiger partial charge is 0.495 e. The Balaban J connectivity index is 1.60. The van der Waals surface area contributed by atoms with Gasteiger partial charge in [-0.1, -0.05) is 18.9 Å². The molecule has 0 amide bonds. The van der Waals surface area contributed by atoms with Crippen molar-refractivity contribution in [1.29, 1.82) is 0 Å². The van der Waals surface area contributed by atoms with Crippen LogP contribution in [-0.2, 0) is 10.0 Å². The summed E-state index contributed by atoms with van der Waals surface area (Å²) in [5.74, 6) is 0.313. The summed E-state index contributed by atoms with van der Waals surface area (Å²) in [5.41, 5.74) is 4.06. The first-order valence-electron chi connectivity index (χ1n) is 11.1. The highest BCUT2D eigenvalue weighted by Crippen LogP contribution is 2.31. The Labute approximate surface area is 189 Å². The van der Waals surface area contributed by atoms with Gasteiger partial charge in [0.15, 0.2) is 5.65 Å². The number of likely N-dealkylation sites (tertiary alicyclic amines) is 1. The molecule has 32 heavy (non-hydrogen) atoms. The van der Waals surface area contributed by atoms with Gasteiger partial charge in [0, 0.05) is 30.0 Å². The van der Waals surface area contributed by atoms with E-state index in [1.165, 1.54) is 32.8 Å². The number of nitrogens with zero attached hydrogens (tertiary/aromatic N) is 4. The first kappa shape index (κ1) is 22.7. The van der Waals surface area contributed by atoms with Crippen LogP contribution in [-0.4, -0.2) is 61.2 Å². The second kappa shape index (κ2) is 9.56. The van der Waals surface area contributed by atoms with Crippen LogP contribution in [0.25, 0.3) is 16.8 Å². The summed E-state index contributed by atoms with van der Waals surface area (Å²) >= 11 is 0. The van der Waals surface area contributed by atoms with Crippen molar-refractivity contribution in [2.75, 3.05) is 33.3 Å². The third-order valence-electron chi connectivity index (χ3n) is 5.96. The Morgan fingerprint density at radius 3 is 2.56 bits per heavy atom. The third kappa shape index (κ3) is 4.79. The summed E-state index contributed by atoms with van der Waals surface area (Å²) in [7, 11) is -2.26. The molecule has 0 spiro atoms. The minimum Gasteiger partial charge on any atom is -0.495 e. The van der Waals surface area contributed by atoms with Gasteiger partial charge in [0.1, 0.15) is 10.6 Å². The Morgan fingerprint density at radius 2 is 1.84 bits per heavy atom. The van der Waals surface area contributed by atoms with Crippen molar-refractivity contribution < 1.29 is 13.2 Å². The standard InChI is InChI=1S/C23H31N5O3S/c1-17-14-18(2)28-23(26-17)20(16-24-28)19-8-9-21(31-3)22(15-19)32(29,30)25-10-13-27-11-6-4-5-7-12-27/h8-9,14-16,25H,4-7,10-13H2,1-3H3. The van der Waals surface area contributed by atoms with E-state index in [-0.39, 0.29) is 4.90 Å². The van der Waals surface area contributed by atoms with Gasteiger partial charge in [0.25, 0.3) is 0 Å². The van der Waals surface area contributed by atoms with Crippen molar-refractivity contribution in [2.45, 2.75) is 44.4 Å². The van der Waals surface area contributed by atoms with Gasteiger partial charge in [-0.3, -0.25) is 0 Å². The highest BCUT2D eigenvalue weighted by molar-refractivity contribution is 7.89. The number of aryl methyl sites for hydroxylation is 2. The van der Waals surface area contributed by atoms with E-state index in [1.54, 1.807) is 22.8 Å². The summed E-state index contributed by atoms with van der Waals surface area (Å²) in [4.78, 5) is 7.07. The van der Waals surface area contributed by atoms with Crippen LogP contribution in [0.5, 0.6) is 5.75 Å². The van der Waals surface area contributed by atoms with Gasteiger partial charge in [-0.05, 0) is 63.5 Å². The van der Waals surface area contributed by atoms with Crippen molar-refractivity contribution in [2.24, 2.45) is 0 Å². The number of ether oxygens (including phenoxy) is 1. The monoisotopic (exact) mass is 457 g/mol. The Hall–Kier alpha value is -2.49. The molecular weight excluding hydrogens is 426 g/mol. The SMILES string of the molecule is COc1ccc(-c2cnn3c(C)cc(C)nc23)cc1S(=O)(=O)NCCN1CCCCCC1. The molecule has 0 radical (unpaired) electrons. The number of benzene rings is 1. The van der Waals surface area contributed by atoms with Crippen molar-refractivity contribution in [3.63, 3.8) is 0 Å². The lowest BCUT2D eigenvalue weighted by Gasteiger charge is -2.20. The number of aromatic nitrogens is 3. The number of methoxy groups -OCH3 is 1. The molecule has 1 aromatic carbocycles. The minimum atomic E-state index is -3.75. The van der Waals surface area contributed by atoms with E-state index in [0.717, 1.165) is 35.6 Å². The summed E-state index contributed by atoms with van der Waals surface area (Å²) in [6, 6.07) is 7.13. The maximum atomic E-state index is 13.2. The van der Waals surface area contributed by atoms with Gasteiger partial charge in [0.2, 0.25) is 10.0 Å². The maximum absolute atomic E-state index is 13.2. The zero-order valence-electron chi connectivity index (χ0n) is 19.0. The number of hydrogen-bond donors (Lipinski definition) is 1. The molecule has 3 aromatic rings. The van der Waals surface area contributed by atoms with Gasteiger partial charge < -0.3 is 9.64 Å². The fourth-order valence-electron chi connectivity index (χ4n) is 4.30. The fourth-order valence-corrected chi connectivity index (χ4v) is 5.52. The number of nitrogens with one attached hydrogen (secondary N) is 1. The Morgan fingerprint density at radius 1 is 1.09 bits per heavy atom. The molecule has 1 fully saturated rings. The zero-order valence-corrected chi connectivity index (χ0v) is 19.8. The smallest absolute Gasteiger partial charge is 0.244 e. The number of hydrogen-bond acceptors (Lipinski definition) is 6. The summed E-state index contributed by atoms with van der Waals surface area (Å²) in [6.07, 6.45) is 6.58. The van der Waals surface area contributed by atoms with Crippen LogP contribution in [0.15, 0.2) is 35.4 Å². The molecule has 4 rings (SSSR count). The maximum Gasteiger partial charge on any atom is 0.244 e. The number of rotatable bonds is 7. The predicted molar refractivity (Wildman–Crippen MR) is 125 cm³/mol. The number of sulfonamides is 1. The van der Waals surface area contributed by atoms with Crippen LogP contribution in [0, 0.1) is 13.8 Å². The van der Waals surface area contributed by atoms with Gasteiger partial charge in [0.05, 0.1) is 13.3 Å². The van der Waals surface area contributed by atoms with E-state index in [0.29, 0.717) is 24.5 Å². The van der Waals surface area contributed by atoms with E-state index in [9.17, 15) is 8.42 Å². The molecule has 1 N–H and O–H groups in total. The normalized spacial score (nSPS) is 15.7. The van der Waals surface area contributed by atoms with Gasteiger partial charge in [-0.15, -0.1) is 0 Å². The molecule has 1 aliphatic heterocycles. The molecular formula is C23H31N5O3S. The van der Waals surface area contributed by atoms with Crippen LogP contribution < -0.4 is 9.46 Å². The van der Waals surface area contributed by atoms with Crippen molar-refractivity contribution in [3.8, 4) is 16.9 Å². The number of fused-ring (bicyclic) bond motifs is 1. The molecule has 3 heterocycles. The molecule has 0 aliphatic carbocycles. The van der Waals surface area contributed by atoms with Crippen LogP contribution in [0.4, 0.5) is 0 Å². The summed E-state index contributed by atoms with van der Waals surface area (Å²) in [6.45, 7) is 7.03. The molecule has 1 aliphatic rings. The average molecular weight is 458 g/mol. The lowest BCUT2D eigenvalue weighted by molar-refractivity contribution is 0.290.